The first-order valence-corrected chi connectivity index (χ1v) is 6.65. The van der Waals surface area contributed by atoms with Gasteiger partial charge in [-0.25, -0.2) is 4.39 Å². The third-order valence-corrected chi connectivity index (χ3v) is 3.68. The van der Waals surface area contributed by atoms with Crippen LogP contribution >= 0.6 is 11.3 Å². The van der Waals surface area contributed by atoms with Gasteiger partial charge in [-0.1, -0.05) is 25.2 Å². The summed E-state index contributed by atoms with van der Waals surface area (Å²) in [4.78, 5) is 0.653. The maximum Gasteiger partial charge on any atom is 0.234 e. The summed E-state index contributed by atoms with van der Waals surface area (Å²) in [7, 11) is 0. The average Bonchev–Trinajstić information content (AvgIpc) is 2.91. The predicted octanol–water partition coefficient (Wildman–Crippen LogP) is 2.70. The van der Waals surface area contributed by atoms with Crippen LogP contribution in [-0.4, -0.2) is 19.8 Å². The molecule has 2 N–H and O–H groups in total. The van der Waals surface area contributed by atoms with E-state index in [2.05, 4.69) is 15.3 Å². The molecule has 0 aliphatic carbocycles. The molecule has 3 rings (SSSR count). The quantitative estimate of drug-likeness (QED) is 0.731. The topological polar surface area (TPSA) is 69.1 Å². The fourth-order valence-corrected chi connectivity index (χ4v) is 2.67. The average molecular weight is 277 g/mol. The van der Waals surface area contributed by atoms with Crippen molar-refractivity contribution in [2.24, 2.45) is 0 Å². The van der Waals surface area contributed by atoms with Crippen LogP contribution in [0.25, 0.3) is 15.5 Å². The minimum Gasteiger partial charge on any atom is -0.399 e. The van der Waals surface area contributed by atoms with Crippen molar-refractivity contribution in [1.29, 1.82) is 0 Å². The number of hydrogen-bond donors (Lipinski definition) is 1. The number of anilines is 1. The van der Waals surface area contributed by atoms with Crippen molar-refractivity contribution in [2.45, 2.75) is 19.8 Å². The molecule has 19 heavy (non-hydrogen) atoms. The molecule has 2 aromatic heterocycles. The van der Waals surface area contributed by atoms with Gasteiger partial charge < -0.3 is 5.73 Å². The molecule has 0 aliphatic heterocycles. The van der Waals surface area contributed by atoms with E-state index in [4.69, 9.17) is 5.73 Å². The number of nitrogen functional groups attached to an aromatic ring is 1. The number of fused-ring (bicyclic) bond motifs is 1. The molecular formula is C12H12FN5S. The van der Waals surface area contributed by atoms with Crippen LogP contribution in [-0.2, 0) is 0 Å². The number of hydrogen-bond acceptors (Lipinski definition) is 5. The molecule has 7 heteroatoms. The zero-order chi connectivity index (χ0) is 13.6. The van der Waals surface area contributed by atoms with E-state index in [0.717, 1.165) is 5.82 Å². The Morgan fingerprint density at radius 1 is 1.32 bits per heavy atom. The van der Waals surface area contributed by atoms with Crippen LogP contribution in [0.15, 0.2) is 18.2 Å². The molecule has 0 amide bonds. The summed E-state index contributed by atoms with van der Waals surface area (Å²) in [5.41, 5.74) is 6.59. The Bertz CT molecular complexity index is 746. The fraction of sp³-hybridized carbons (Fsp3) is 0.250. The van der Waals surface area contributed by atoms with Gasteiger partial charge in [0.05, 0.1) is 5.56 Å². The van der Waals surface area contributed by atoms with E-state index in [1.165, 1.54) is 23.5 Å². The fourth-order valence-electron chi connectivity index (χ4n) is 1.81. The summed E-state index contributed by atoms with van der Waals surface area (Å²) in [6, 6.07) is 4.45. The SMILES string of the molecule is CC(C)c1nnc2sc(-c3cc(N)ccc3F)nn12. The molecular weight excluding hydrogens is 265 g/mol. The molecule has 0 unspecified atom stereocenters. The van der Waals surface area contributed by atoms with Crippen LogP contribution in [0.3, 0.4) is 0 Å². The van der Waals surface area contributed by atoms with Crippen LogP contribution < -0.4 is 5.73 Å². The molecule has 5 nitrogen and oxygen atoms in total. The molecule has 0 saturated heterocycles. The monoisotopic (exact) mass is 277 g/mol. The van der Waals surface area contributed by atoms with Crippen molar-refractivity contribution in [3.8, 4) is 10.6 Å². The zero-order valence-electron chi connectivity index (χ0n) is 10.5. The predicted molar refractivity (Wildman–Crippen MR) is 72.6 cm³/mol. The Kier molecular flexibility index (Phi) is 2.70. The van der Waals surface area contributed by atoms with Crippen LogP contribution in [0, 0.1) is 5.82 Å². The van der Waals surface area contributed by atoms with Gasteiger partial charge in [0.2, 0.25) is 4.96 Å². The van der Waals surface area contributed by atoms with E-state index in [0.29, 0.717) is 21.2 Å². The molecule has 1 aromatic carbocycles. The summed E-state index contributed by atoms with van der Waals surface area (Å²) in [6.07, 6.45) is 0. The number of halogens is 1. The van der Waals surface area contributed by atoms with Crippen molar-refractivity contribution >= 4 is 22.0 Å². The van der Waals surface area contributed by atoms with Crippen molar-refractivity contribution in [2.75, 3.05) is 5.73 Å². The van der Waals surface area contributed by atoms with E-state index in [9.17, 15) is 4.39 Å². The Hall–Kier alpha value is -2.02. The van der Waals surface area contributed by atoms with Crippen molar-refractivity contribution in [1.82, 2.24) is 19.8 Å². The third-order valence-electron chi connectivity index (χ3n) is 2.75. The smallest absolute Gasteiger partial charge is 0.234 e. The Labute approximate surface area is 112 Å². The summed E-state index contributed by atoms with van der Waals surface area (Å²) in [6.45, 7) is 4.02. The maximum absolute atomic E-state index is 13.8. The number of nitrogens with two attached hydrogens (primary N) is 1. The second kappa shape index (κ2) is 4.27. The summed E-state index contributed by atoms with van der Waals surface area (Å²) in [5.74, 6) is 0.628. The van der Waals surface area contributed by atoms with Gasteiger partial charge in [0, 0.05) is 11.6 Å². The minimum absolute atomic E-state index is 0.204. The minimum atomic E-state index is -0.342. The van der Waals surface area contributed by atoms with Gasteiger partial charge in [-0.05, 0) is 18.2 Å². The lowest BCUT2D eigenvalue weighted by atomic mass is 10.2. The zero-order valence-corrected chi connectivity index (χ0v) is 11.3. The van der Waals surface area contributed by atoms with Gasteiger partial charge in [-0.2, -0.15) is 9.61 Å². The van der Waals surface area contributed by atoms with E-state index >= 15 is 0 Å². The lowest BCUT2D eigenvalue weighted by Crippen LogP contribution is -1.98. The molecule has 98 valence electrons. The van der Waals surface area contributed by atoms with E-state index in [1.54, 1.807) is 10.6 Å². The highest BCUT2D eigenvalue weighted by atomic mass is 32.1. The molecule has 2 heterocycles. The van der Waals surface area contributed by atoms with Crippen LogP contribution in [0.2, 0.25) is 0 Å². The number of aromatic nitrogens is 4. The van der Waals surface area contributed by atoms with Gasteiger partial charge in [-0.3, -0.25) is 0 Å². The number of benzene rings is 1. The molecule has 0 radical (unpaired) electrons. The first-order chi connectivity index (χ1) is 9.06. The third kappa shape index (κ3) is 1.95. The van der Waals surface area contributed by atoms with Crippen molar-refractivity contribution < 1.29 is 4.39 Å². The van der Waals surface area contributed by atoms with Crippen LogP contribution in [0.4, 0.5) is 10.1 Å². The van der Waals surface area contributed by atoms with Gasteiger partial charge in [0.15, 0.2) is 10.8 Å². The van der Waals surface area contributed by atoms with E-state index in [-0.39, 0.29) is 11.7 Å². The largest absolute Gasteiger partial charge is 0.399 e. The standard InChI is InChI=1S/C12H12FN5S/c1-6(2)10-15-16-12-18(10)17-11(19-12)8-5-7(14)3-4-9(8)13/h3-6H,14H2,1-2H3. The number of nitrogens with zero attached hydrogens (tertiary/aromatic N) is 4. The molecule has 0 saturated carbocycles. The Balaban J connectivity index is 2.18. The first-order valence-electron chi connectivity index (χ1n) is 5.84. The Morgan fingerprint density at radius 2 is 2.11 bits per heavy atom. The molecule has 0 aliphatic rings. The highest BCUT2D eigenvalue weighted by Crippen LogP contribution is 2.29. The normalized spacial score (nSPS) is 11.6. The van der Waals surface area contributed by atoms with Gasteiger partial charge in [-0.15, -0.1) is 10.2 Å². The summed E-state index contributed by atoms with van der Waals surface area (Å²) < 4.78 is 15.5. The lowest BCUT2D eigenvalue weighted by molar-refractivity contribution is 0.630. The maximum atomic E-state index is 13.8. The van der Waals surface area contributed by atoms with Gasteiger partial charge in [0.1, 0.15) is 5.82 Å². The Morgan fingerprint density at radius 3 is 2.84 bits per heavy atom. The highest BCUT2D eigenvalue weighted by molar-refractivity contribution is 7.19. The van der Waals surface area contributed by atoms with Crippen LogP contribution in [0.1, 0.15) is 25.6 Å². The lowest BCUT2D eigenvalue weighted by Gasteiger charge is -2.00. The van der Waals surface area contributed by atoms with E-state index in [1.807, 2.05) is 13.8 Å². The van der Waals surface area contributed by atoms with E-state index < -0.39 is 0 Å². The molecule has 0 fully saturated rings. The summed E-state index contributed by atoms with van der Waals surface area (Å²) >= 11 is 1.29. The molecule has 0 atom stereocenters. The highest BCUT2D eigenvalue weighted by Gasteiger charge is 2.17. The van der Waals surface area contributed by atoms with Crippen molar-refractivity contribution in [3.63, 3.8) is 0 Å². The van der Waals surface area contributed by atoms with Crippen molar-refractivity contribution in [3.05, 3.63) is 29.8 Å². The molecule has 0 spiro atoms. The second-order valence-electron chi connectivity index (χ2n) is 4.55. The van der Waals surface area contributed by atoms with Gasteiger partial charge >= 0.3 is 0 Å². The van der Waals surface area contributed by atoms with Crippen LogP contribution in [0.5, 0.6) is 0 Å². The second-order valence-corrected chi connectivity index (χ2v) is 5.51. The molecule has 0 bridgehead atoms. The van der Waals surface area contributed by atoms with Gasteiger partial charge in [0.25, 0.3) is 0 Å². The first kappa shape index (κ1) is 12.0. The number of rotatable bonds is 2. The summed E-state index contributed by atoms with van der Waals surface area (Å²) in [5, 5.41) is 13.1. The molecule has 3 aromatic rings.